The number of rotatable bonds is 9. The molecule has 3 aromatic rings. The fourth-order valence-electron chi connectivity index (χ4n) is 3.33. The van der Waals surface area contributed by atoms with Gasteiger partial charge in [-0.05, 0) is 48.7 Å². The maximum atomic E-state index is 12.5. The fraction of sp³-hybridized carbons (Fsp3) is 0.179. The molecule has 0 unspecified atom stereocenters. The Bertz CT molecular complexity index is 1170. The van der Waals surface area contributed by atoms with E-state index in [1.165, 1.54) is 6.08 Å². The maximum absolute atomic E-state index is 12.5. The van der Waals surface area contributed by atoms with Gasteiger partial charge in [0.05, 0.1) is 12.1 Å². The van der Waals surface area contributed by atoms with Crippen LogP contribution in [0.3, 0.4) is 0 Å². The van der Waals surface area contributed by atoms with Gasteiger partial charge in [0.15, 0.2) is 6.61 Å². The molecule has 3 aromatic carbocycles. The van der Waals surface area contributed by atoms with Crippen LogP contribution in [0.15, 0.2) is 90.5 Å². The minimum atomic E-state index is -0.441. The molecule has 0 aromatic heterocycles. The largest absolute Gasteiger partial charge is 0.484 e. The highest BCUT2D eigenvalue weighted by atomic mass is 16.5. The fourth-order valence-corrected chi connectivity index (χ4v) is 3.33. The smallest absolute Gasteiger partial charge is 0.262 e. The van der Waals surface area contributed by atoms with Crippen molar-refractivity contribution >= 4 is 17.9 Å². The van der Waals surface area contributed by atoms with Crippen molar-refractivity contribution in [3.63, 3.8) is 0 Å². The molecule has 2 atom stereocenters. The van der Waals surface area contributed by atoms with Crippen molar-refractivity contribution in [3.05, 3.63) is 107 Å². The van der Waals surface area contributed by atoms with E-state index < -0.39 is 5.91 Å². The van der Waals surface area contributed by atoms with Crippen LogP contribution in [0.4, 0.5) is 0 Å². The number of benzene rings is 3. The Labute approximate surface area is 199 Å². The van der Waals surface area contributed by atoms with Crippen molar-refractivity contribution in [1.82, 2.24) is 10.6 Å². The molecule has 0 radical (unpaired) electrons. The number of amides is 2. The molecule has 3 rings (SSSR count). The van der Waals surface area contributed by atoms with Gasteiger partial charge in [0.2, 0.25) is 0 Å². The molecule has 2 amide bonds. The number of nitrogens with one attached hydrogen (secondary N) is 2. The van der Waals surface area contributed by atoms with E-state index in [1.54, 1.807) is 24.3 Å². The van der Waals surface area contributed by atoms with Crippen LogP contribution in [0.25, 0.3) is 6.08 Å². The first-order valence-electron chi connectivity index (χ1n) is 11.0. The van der Waals surface area contributed by atoms with Crippen LogP contribution in [0, 0.1) is 11.3 Å². The zero-order chi connectivity index (χ0) is 24.3. The van der Waals surface area contributed by atoms with E-state index in [4.69, 9.17) is 4.74 Å². The van der Waals surface area contributed by atoms with Crippen LogP contribution in [0.5, 0.6) is 5.75 Å². The summed E-state index contributed by atoms with van der Waals surface area (Å²) in [6.07, 6.45) is 1.52. The van der Waals surface area contributed by atoms with Crippen LogP contribution in [0.2, 0.25) is 0 Å². The van der Waals surface area contributed by atoms with E-state index in [2.05, 4.69) is 10.6 Å². The lowest BCUT2D eigenvalue weighted by atomic mass is 10.1. The number of carbonyl (C=O) groups excluding carboxylic acids is 2. The van der Waals surface area contributed by atoms with Crippen molar-refractivity contribution in [2.75, 3.05) is 6.61 Å². The molecule has 2 N–H and O–H groups in total. The van der Waals surface area contributed by atoms with E-state index in [1.807, 2.05) is 80.6 Å². The van der Waals surface area contributed by atoms with Gasteiger partial charge in [0.25, 0.3) is 11.8 Å². The summed E-state index contributed by atoms with van der Waals surface area (Å²) in [5.41, 5.74) is 2.65. The average Bonchev–Trinajstić information content (AvgIpc) is 2.87. The molecule has 0 heterocycles. The van der Waals surface area contributed by atoms with Crippen LogP contribution >= 0.6 is 0 Å². The summed E-state index contributed by atoms with van der Waals surface area (Å²) in [7, 11) is 0. The third kappa shape index (κ3) is 7.07. The topological polar surface area (TPSA) is 91.2 Å². The van der Waals surface area contributed by atoms with E-state index >= 15 is 0 Å². The molecule has 0 fully saturated rings. The van der Waals surface area contributed by atoms with Crippen LogP contribution < -0.4 is 15.4 Å². The van der Waals surface area contributed by atoms with E-state index in [0.717, 1.165) is 11.1 Å². The van der Waals surface area contributed by atoms with Crippen molar-refractivity contribution in [3.8, 4) is 11.8 Å². The quantitative estimate of drug-likeness (QED) is 0.362. The second-order valence-corrected chi connectivity index (χ2v) is 7.83. The molecule has 172 valence electrons. The summed E-state index contributed by atoms with van der Waals surface area (Å²) >= 11 is 0. The molecular weight excluding hydrogens is 426 g/mol. The Kier molecular flexibility index (Phi) is 8.59. The SMILES string of the molecule is C[C@H](NC(=O)COc1ccc(/C=C(\C#N)C(=O)N[C@@H](C)c2ccccc2)cc1)c1ccccc1. The normalized spacial score (nSPS) is 12.7. The number of carbonyl (C=O) groups is 2. The predicted octanol–water partition coefficient (Wildman–Crippen LogP) is 4.73. The van der Waals surface area contributed by atoms with Crippen molar-refractivity contribution in [2.24, 2.45) is 0 Å². The summed E-state index contributed by atoms with van der Waals surface area (Å²) in [4.78, 5) is 24.7. The molecule has 0 aliphatic heterocycles. The minimum Gasteiger partial charge on any atom is -0.484 e. The summed E-state index contributed by atoms with van der Waals surface area (Å²) in [5.74, 6) is -0.153. The molecule has 6 nitrogen and oxygen atoms in total. The first kappa shape index (κ1) is 24.3. The molecule has 0 aliphatic carbocycles. The monoisotopic (exact) mass is 453 g/mol. The van der Waals surface area contributed by atoms with Gasteiger partial charge >= 0.3 is 0 Å². The van der Waals surface area contributed by atoms with Crippen molar-refractivity contribution < 1.29 is 14.3 Å². The lowest BCUT2D eigenvalue weighted by Gasteiger charge is -2.14. The number of nitriles is 1. The second-order valence-electron chi connectivity index (χ2n) is 7.83. The first-order chi connectivity index (χ1) is 16.5. The maximum Gasteiger partial charge on any atom is 0.262 e. The minimum absolute atomic E-state index is 0.00530. The summed E-state index contributed by atoms with van der Waals surface area (Å²) in [6, 6.07) is 27.7. The molecule has 6 heteroatoms. The van der Waals surface area contributed by atoms with Crippen LogP contribution in [-0.2, 0) is 9.59 Å². The second kappa shape index (κ2) is 12.0. The highest BCUT2D eigenvalue weighted by molar-refractivity contribution is 6.01. The van der Waals surface area contributed by atoms with Gasteiger partial charge in [-0.1, -0.05) is 72.8 Å². The van der Waals surface area contributed by atoms with Crippen LogP contribution in [0.1, 0.15) is 42.6 Å². The van der Waals surface area contributed by atoms with Gasteiger partial charge in [-0.3, -0.25) is 9.59 Å². The average molecular weight is 454 g/mol. The Balaban J connectivity index is 1.53. The van der Waals surface area contributed by atoms with Gasteiger partial charge in [0.1, 0.15) is 17.4 Å². The Hall–Kier alpha value is -4.37. The molecule has 0 bridgehead atoms. The molecule has 0 saturated carbocycles. The number of hydrogen-bond acceptors (Lipinski definition) is 4. The molecule has 0 spiro atoms. The lowest BCUT2D eigenvalue weighted by molar-refractivity contribution is -0.123. The molecule has 0 aliphatic rings. The Morgan fingerprint density at radius 3 is 1.91 bits per heavy atom. The van der Waals surface area contributed by atoms with Gasteiger partial charge in [-0.25, -0.2) is 0 Å². The molecule has 34 heavy (non-hydrogen) atoms. The predicted molar refractivity (Wildman–Crippen MR) is 132 cm³/mol. The number of ether oxygens (including phenoxy) is 1. The number of hydrogen-bond donors (Lipinski definition) is 2. The van der Waals surface area contributed by atoms with Crippen molar-refractivity contribution in [1.29, 1.82) is 5.26 Å². The first-order valence-corrected chi connectivity index (χ1v) is 11.0. The Morgan fingerprint density at radius 1 is 0.853 bits per heavy atom. The third-order valence-electron chi connectivity index (χ3n) is 5.25. The Morgan fingerprint density at radius 2 is 1.38 bits per heavy atom. The zero-order valence-corrected chi connectivity index (χ0v) is 19.2. The lowest BCUT2D eigenvalue weighted by Crippen LogP contribution is -2.31. The summed E-state index contributed by atoms with van der Waals surface area (Å²) < 4.78 is 5.56. The van der Waals surface area contributed by atoms with Gasteiger partial charge in [0, 0.05) is 0 Å². The summed E-state index contributed by atoms with van der Waals surface area (Å²) in [5, 5.41) is 15.2. The summed E-state index contributed by atoms with van der Waals surface area (Å²) in [6.45, 7) is 3.67. The van der Waals surface area contributed by atoms with Gasteiger partial charge in [-0.15, -0.1) is 0 Å². The van der Waals surface area contributed by atoms with E-state index in [-0.39, 0.29) is 30.2 Å². The highest BCUT2D eigenvalue weighted by Gasteiger charge is 2.14. The highest BCUT2D eigenvalue weighted by Crippen LogP contribution is 2.17. The van der Waals surface area contributed by atoms with E-state index in [0.29, 0.717) is 11.3 Å². The standard InChI is InChI=1S/C28H27N3O3/c1-20(23-9-5-3-6-10-23)30-27(32)19-34-26-15-13-22(14-16-26)17-25(18-29)28(33)31-21(2)24-11-7-4-8-12-24/h3-17,20-21H,19H2,1-2H3,(H,30,32)(H,31,33)/b25-17+/t20-,21-/m0/s1. The van der Waals surface area contributed by atoms with Gasteiger partial charge < -0.3 is 15.4 Å². The van der Waals surface area contributed by atoms with E-state index in [9.17, 15) is 14.9 Å². The molecule has 0 saturated heterocycles. The molecular formula is C28H27N3O3. The van der Waals surface area contributed by atoms with Crippen molar-refractivity contribution in [2.45, 2.75) is 25.9 Å². The third-order valence-corrected chi connectivity index (χ3v) is 5.25. The number of nitrogens with zero attached hydrogens (tertiary/aromatic N) is 1. The van der Waals surface area contributed by atoms with Gasteiger partial charge in [-0.2, -0.15) is 5.26 Å². The van der Waals surface area contributed by atoms with Crippen LogP contribution in [-0.4, -0.2) is 18.4 Å². The zero-order valence-electron chi connectivity index (χ0n) is 19.2.